The number of benzene rings is 1. The second kappa shape index (κ2) is 7.38. The Morgan fingerprint density at radius 1 is 1.25 bits per heavy atom. The number of nitrogens with two attached hydrogens (primary N) is 1. The molecule has 3 rings (SSSR count). The molecule has 0 aliphatic carbocycles. The lowest BCUT2D eigenvalue weighted by molar-refractivity contribution is -0.221. The molecule has 1 saturated heterocycles. The highest BCUT2D eigenvalue weighted by Gasteiger charge is 2.44. The predicted octanol–water partition coefficient (Wildman–Crippen LogP) is 3.37. The number of carbonyl (C=O) groups excluding carboxylic acids is 1. The Balaban J connectivity index is 2.06. The van der Waals surface area contributed by atoms with Gasteiger partial charge in [-0.3, -0.25) is 9.78 Å². The van der Waals surface area contributed by atoms with E-state index in [0.29, 0.717) is 17.0 Å². The highest BCUT2D eigenvalue weighted by molar-refractivity contribution is 6.01. The van der Waals surface area contributed by atoms with E-state index in [1.165, 1.54) is 17.0 Å². The third kappa shape index (κ3) is 3.94. The molecule has 0 bridgehead atoms. The fraction of sp³-hybridized carbons (Fsp3) is 0.368. The molecule has 0 radical (unpaired) electrons. The molecule has 1 aliphatic heterocycles. The number of hydrogen-bond donors (Lipinski definition) is 1. The van der Waals surface area contributed by atoms with Crippen molar-refractivity contribution in [3.63, 3.8) is 0 Å². The van der Waals surface area contributed by atoms with Gasteiger partial charge in [0.2, 0.25) is 0 Å². The first kappa shape index (κ1) is 20.1. The second-order valence-electron chi connectivity index (χ2n) is 6.67. The van der Waals surface area contributed by atoms with Crippen LogP contribution in [0.1, 0.15) is 21.7 Å². The summed E-state index contributed by atoms with van der Waals surface area (Å²) in [6.07, 6.45) is -6.59. The van der Waals surface area contributed by atoms with E-state index < -0.39 is 30.5 Å². The van der Waals surface area contributed by atoms with Gasteiger partial charge in [0.15, 0.2) is 11.9 Å². The molecule has 2 heterocycles. The summed E-state index contributed by atoms with van der Waals surface area (Å²) in [5, 5.41) is 0. The molecule has 1 aliphatic rings. The zero-order chi connectivity index (χ0) is 20.6. The minimum atomic E-state index is -4.56. The lowest BCUT2D eigenvalue weighted by Gasteiger charge is -2.35. The molecule has 1 aromatic carbocycles. The Morgan fingerprint density at radius 2 is 1.89 bits per heavy atom. The van der Waals surface area contributed by atoms with E-state index >= 15 is 4.39 Å². The van der Waals surface area contributed by atoms with Gasteiger partial charge in [-0.2, -0.15) is 13.2 Å². The van der Waals surface area contributed by atoms with Crippen molar-refractivity contribution in [3.05, 3.63) is 47.0 Å². The minimum absolute atomic E-state index is 0.0640. The fourth-order valence-electron chi connectivity index (χ4n) is 3.35. The topological polar surface area (TPSA) is 68.5 Å². The Morgan fingerprint density at radius 3 is 2.46 bits per heavy atom. The summed E-state index contributed by atoms with van der Waals surface area (Å²) in [5.74, 6) is -1.94. The lowest BCUT2D eigenvalue weighted by atomic mass is 9.97. The molecule has 1 aromatic heterocycles. The number of amides is 1. The van der Waals surface area contributed by atoms with E-state index in [4.69, 9.17) is 10.5 Å². The number of pyridine rings is 1. The van der Waals surface area contributed by atoms with Crippen LogP contribution < -0.4 is 10.6 Å². The van der Waals surface area contributed by atoms with E-state index in [1.807, 2.05) is 0 Å². The number of rotatable bonds is 3. The van der Waals surface area contributed by atoms with E-state index in [0.717, 1.165) is 0 Å². The maximum atomic E-state index is 15.2. The van der Waals surface area contributed by atoms with E-state index in [1.54, 1.807) is 26.0 Å². The summed E-state index contributed by atoms with van der Waals surface area (Å²) < 4.78 is 58.9. The van der Waals surface area contributed by atoms with Gasteiger partial charge in [-0.25, -0.2) is 4.39 Å². The minimum Gasteiger partial charge on any atom is -0.365 e. The third-order valence-electron chi connectivity index (χ3n) is 4.53. The molecule has 28 heavy (non-hydrogen) atoms. The van der Waals surface area contributed by atoms with Crippen molar-refractivity contribution < 1.29 is 27.1 Å². The number of nitrogens with zero attached hydrogens (tertiary/aromatic N) is 2. The summed E-state index contributed by atoms with van der Waals surface area (Å²) in [7, 11) is 0. The van der Waals surface area contributed by atoms with Crippen molar-refractivity contribution in [2.45, 2.75) is 26.1 Å². The molecule has 2 N–H and O–H groups in total. The Hall–Kier alpha value is -2.68. The van der Waals surface area contributed by atoms with Crippen molar-refractivity contribution in [2.75, 3.05) is 24.6 Å². The van der Waals surface area contributed by atoms with Crippen LogP contribution >= 0.6 is 0 Å². The summed E-state index contributed by atoms with van der Waals surface area (Å²) >= 11 is 0. The van der Waals surface area contributed by atoms with Crippen LogP contribution in [0.15, 0.2) is 24.3 Å². The molecule has 1 fully saturated rings. The second-order valence-corrected chi connectivity index (χ2v) is 6.67. The number of morpholine rings is 1. The average molecular weight is 397 g/mol. The summed E-state index contributed by atoms with van der Waals surface area (Å²) in [6.45, 7) is 2.81. The number of aromatic nitrogens is 1. The molecular weight excluding hydrogens is 378 g/mol. The number of hydrogen-bond acceptors (Lipinski definition) is 4. The normalized spacial score (nSPS) is 17.6. The van der Waals surface area contributed by atoms with Crippen molar-refractivity contribution in [1.82, 2.24) is 4.98 Å². The largest absolute Gasteiger partial charge is 0.416 e. The molecule has 0 saturated carbocycles. The van der Waals surface area contributed by atoms with Crippen LogP contribution in [0.4, 0.5) is 23.2 Å². The monoisotopic (exact) mass is 397 g/mol. The van der Waals surface area contributed by atoms with Gasteiger partial charge in [0.25, 0.3) is 5.91 Å². The number of aryl methyl sites for hydroxylation is 2. The van der Waals surface area contributed by atoms with Gasteiger partial charge < -0.3 is 15.4 Å². The Labute approximate surface area is 159 Å². The fourth-order valence-corrected chi connectivity index (χ4v) is 3.35. The SMILES string of the molecule is Cc1cc(-c2ccc(N3CCO[C@@H](C(F)(F)F)C3)c(F)c2C(N)=O)cc(C)n1. The Bertz CT molecular complexity index is 895. The molecule has 1 atom stereocenters. The number of alkyl halides is 3. The summed E-state index contributed by atoms with van der Waals surface area (Å²) in [6, 6.07) is 6.22. The number of anilines is 1. The van der Waals surface area contributed by atoms with Crippen LogP contribution in [0.3, 0.4) is 0 Å². The molecular formula is C19H19F4N3O2. The van der Waals surface area contributed by atoms with Crippen LogP contribution in [0.5, 0.6) is 0 Å². The van der Waals surface area contributed by atoms with Gasteiger partial charge in [-0.05, 0) is 43.2 Å². The molecule has 150 valence electrons. The number of halogens is 4. The van der Waals surface area contributed by atoms with Crippen LogP contribution in [0, 0.1) is 19.7 Å². The van der Waals surface area contributed by atoms with Gasteiger partial charge in [0.05, 0.1) is 24.4 Å². The van der Waals surface area contributed by atoms with E-state index in [-0.39, 0.29) is 30.0 Å². The molecule has 2 aromatic rings. The smallest absolute Gasteiger partial charge is 0.365 e. The van der Waals surface area contributed by atoms with Gasteiger partial charge in [-0.1, -0.05) is 6.07 Å². The van der Waals surface area contributed by atoms with Crippen LogP contribution in [-0.2, 0) is 4.74 Å². The number of ether oxygens (including phenoxy) is 1. The van der Waals surface area contributed by atoms with Crippen molar-refractivity contribution in [2.24, 2.45) is 5.73 Å². The number of carbonyl (C=O) groups is 1. The first-order valence-corrected chi connectivity index (χ1v) is 8.59. The quantitative estimate of drug-likeness (QED) is 0.807. The van der Waals surface area contributed by atoms with Crippen molar-refractivity contribution in [1.29, 1.82) is 0 Å². The lowest BCUT2D eigenvalue weighted by Crippen LogP contribution is -2.49. The molecule has 1 amide bonds. The molecule has 0 unspecified atom stereocenters. The molecule has 5 nitrogen and oxygen atoms in total. The zero-order valence-corrected chi connectivity index (χ0v) is 15.3. The van der Waals surface area contributed by atoms with Crippen molar-refractivity contribution in [3.8, 4) is 11.1 Å². The van der Waals surface area contributed by atoms with Gasteiger partial charge in [0, 0.05) is 17.9 Å². The Kier molecular flexibility index (Phi) is 5.29. The zero-order valence-electron chi connectivity index (χ0n) is 15.3. The van der Waals surface area contributed by atoms with Gasteiger partial charge >= 0.3 is 6.18 Å². The van der Waals surface area contributed by atoms with E-state index in [9.17, 15) is 18.0 Å². The highest BCUT2D eigenvalue weighted by atomic mass is 19.4. The predicted molar refractivity (Wildman–Crippen MR) is 95.6 cm³/mol. The maximum absolute atomic E-state index is 15.2. The summed E-state index contributed by atoms with van der Waals surface area (Å²) in [4.78, 5) is 17.4. The average Bonchev–Trinajstić information content (AvgIpc) is 2.59. The van der Waals surface area contributed by atoms with E-state index in [2.05, 4.69) is 4.98 Å². The number of primary amides is 1. The van der Waals surface area contributed by atoms with Crippen LogP contribution in [-0.4, -0.2) is 42.9 Å². The first-order valence-electron chi connectivity index (χ1n) is 8.59. The van der Waals surface area contributed by atoms with Crippen LogP contribution in [0.2, 0.25) is 0 Å². The van der Waals surface area contributed by atoms with Crippen LogP contribution in [0.25, 0.3) is 11.1 Å². The standard InChI is InChI=1S/C19H19F4N3O2/c1-10-7-12(8-11(2)25-10)13-3-4-14(17(20)16(13)18(24)27)26-5-6-28-15(9-26)19(21,22)23/h3-4,7-8,15H,5-6,9H2,1-2H3,(H2,24,27)/t15-/m1/s1. The third-order valence-corrected chi connectivity index (χ3v) is 4.53. The maximum Gasteiger partial charge on any atom is 0.416 e. The van der Waals surface area contributed by atoms with Gasteiger partial charge in [0.1, 0.15) is 0 Å². The summed E-state index contributed by atoms with van der Waals surface area (Å²) in [5.41, 5.74) is 7.10. The molecule has 0 spiro atoms. The van der Waals surface area contributed by atoms with Crippen molar-refractivity contribution >= 4 is 11.6 Å². The van der Waals surface area contributed by atoms with Gasteiger partial charge in [-0.15, -0.1) is 0 Å². The highest BCUT2D eigenvalue weighted by Crippen LogP contribution is 2.34. The first-order chi connectivity index (χ1) is 13.1. The molecule has 9 heteroatoms.